The topological polar surface area (TPSA) is 88.0 Å². The number of aryl methyl sites for hydroxylation is 1. The summed E-state index contributed by atoms with van der Waals surface area (Å²) in [7, 11) is 0. The first-order valence-electron chi connectivity index (χ1n) is 5.72. The lowest BCUT2D eigenvalue weighted by molar-refractivity contribution is -0.120. The molecule has 100 valence electrons. The fraction of sp³-hybridized carbons (Fsp3) is 0.545. The number of nitrogens with two attached hydrogens (primary N) is 1. The van der Waals surface area contributed by atoms with Gasteiger partial charge in [0.15, 0.2) is 3.95 Å². The fourth-order valence-electron chi connectivity index (χ4n) is 1.47. The number of primary amides is 1. The van der Waals surface area contributed by atoms with Crippen LogP contribution in [-0.4, -0.2) is 23.3 Å². The van der Waals surface area contributed by atoms with Crippen molar-refractivity contribution in [1.82, 2.24) is 10.3 Å². The van der Waals surface area contributed by atoms with Crippen molar-refractivity contribution in [3.63, 3.8) is 0 Å². The maximum absolute atomic E-state index is 11.6. The summed E-state index contributed by atoms with van der Waals surface area (Å²) >= 11 is 6.43. The average Bonchev–Trinajstić information content (AvgIpc) is 2.56. The van der Waals surface area contributed by atoms with Crippen molar-refractivity contribution in [1.29, 1.82) is 0 Å². The fourth-order valence-corrected chi connectivity index (χ4v) is 2.76. The quantitative estimate of drug-likeness (QED) is 0.523. The maximum atomic E-state index is 11.6. The van der Waals surface area contributed by atoms with Crippen LogP contribution in [0.25, 0.3) is 0 Å². The van der Waals surface area contributed by atoms with Gasteiger partial charge < -0.3 is 16.0 Å². The highest BCUT2D eigenvalue weighted by molar-refractivity contribution is 7.73. The van der Waals surface area contributed by atoms with Gasteiger partial charge in [0.05, 0.1) is 6.42 Å². The predicted octanol–water partition coefficient (Wildman–Crippen LogP) is 1.43. The van der Waals surface area contributed by atoms with Crippen molar-refractivity contribution < 1.29 is 9.59 Å². The van der Waals surface area contributed by atoms with Crippen LogP contribution in [0.4, 0.5) is 0 Å². The summed E-state index contributed by atoms with van der Waals surface area (Å²) in [6, 6.07) is 0. The molecule has 0 saturated carbocycles. The van der Waals surface area contributed by atoms with Gasteiger partial charge in [-0.15, -0.1) is 11.3 Å². The molecule has 1 aromatic rings. The predicted molar refractivity (Wildman–Crippen MR) is 74.0 cm³/mol. The molecule has 0 fully saturated rings. The smallest absolute Gasteiger partial charge is 0.225 e. The SMILES string of the molecule is Cc1[nH]c(=S)sc1CC(=O)NCCCCC(N)=O. The van der Waals surface area contributed by atoms with Crippen LogP contribution in [0.3, 0.4) is 0 Å². The number of unbranched alkanes of at least 4 members (excludes halogenated alkanes) is 1. The van der Waals surface area contributed by atoms with Crippen molar-refractivity contribution in [2.75, 3.05) is 6.54 Å². The first-order chi connectivity index (χ1) is 8.49. The third kappa shape index (κ3) is 5.42. The molecular formula is C11H17N3O2S2. The molecule has 4 N–H and O–H groups in total. The van der Waals surface area contributed by atoms with Gasteiger partial charge in [0, 0.05) is 23.5 Å². The third-order valence-electron chi connectivity index (χ3n) is 2.42. The van der Waals surface area contributed by atoms with E-state index in [1.807, 2.05) is 6.92 Å². The van der Waals surface area contributed by atoms with E-state index < -0.39 is 0 Å². The van der Waals surface area contributed by atoms with Crippen molar-refractivity contribution >= 4 is 35.4 Å². The van der Waals surface area contributed by atoms with Crippen LogP contribution in [0.15, 0.2) is 0 Å². The summed E-state index contributed by atoms with van der Waals surface area (Å²) in [6.07, 6.45) is 2.18. The highest BCUT2D eigenvalue weighted by atomic mass is 32.1. The maximum Gasteiger partial charge on any atom is 0.225 e. The molecule has 1 rings (SSSR count). The molecule has 2 amide bonds. The normalized spacial score (nSPS) is 10.3. The molecule has 5 nitrogen and oxygen atoms in total. The van der Waals surface area contributed by atoms with E-state index in [0.29, 0.717) is 29.8 Å². The number of nitrogens with one attached hydrogen (secondary N) is 2. The van der Waals surface area contributed by atoms with Crippen LogP contribution in [0.1, 0.15) is 29.8 Å². The molecule has 18 heavy (non-hydrogen) atoms. The largest absolute Gasteiger partial charge is 0.370 e. The van der Waals surface area contributed by atoms with Crippen LogP contribution >= 0.6 is 23.6 Å². The lowest BCUT2D eigenvalue weighted by Gasteiger charge is -2.03. The second-order valence-electron chi connectivity index (χ2n) is 4.01. The Morgan fingerprint density at radius 2 is 2.17 bits per heavy atom. The molecule has 0 aliphatic carbocycles. The van der Waals surface area contributed by atoms with Crippen LogP contribution in [0.5, 0.6) is 0 Å². The number of rotatable bonds is 7. The van der Waals surface area contributed by atoms with Crippen molar-refractivity contribution in [2.24, 2.45) is 5.73 Å². The summed E-state index contributed by atoms with van der Waals surface area (Å²) in [5.74, 6) is -0.327. The van der Waals surface area contributed by atoms with Crippen molar-refractivity contribution in [3.05, 3.63) is 14.5 Å². The number of carbonyl (C=O) groups excluding carboxylic acids is 2. The minimum atomic E-state index is -0.302. The second kappa shape index (κ2) is 7.27. The molecule has 0 aromatic carbocycles. The van der Waals surface area contributed by atoms with Crippen LogP contribution in [0, 0.1) is 10.9 Å². The Hall–Kier alpha value is -1.21. The zero-order valence-electron chi connectivity index (χ0n) is 10.2. The molecule has 0 bridgehead atoms. The second-order valence-corrected chi connectivity index (χ2v) is 5.78. The molecule has 0 aliphatic heterocycles. The Bertz CT molecular complexity index is 479. The van der Waals surface area contributed by atoms with Gasteiger partial charge in [-0.2, -0.15) is 0 Å². The molecule has 0 atom stereocenters. The van der Waals surface area contributed by atoms with Gasteiger partial charge in [0.1, 0.15) is 0 Å². The van der Waals surface area contributed by atoms with Gasteiger partial charge in [-0.25, -0.2) is 0 Å². The number of H-pyrrole nitrogens is 1. The highest BCUT2D eigenvalue weighted by Crippen LogP contribution is 2.14. The number of thiazole rings is 1. The number of carbonyl (C=O) groups is 2. The van der Waals surface area contributed by atoms with Gasteiger partial charge in [-0.05, 0) is 32.0 Å². The van der Waals surface area contributed by atoms with Crippen LogP contribution < -0.4 is 11.1 Å². The van der Waals surface area contributed by atoms with E-state index in [1.165, 1.54) is 11.3 Å². The van der Waals surface area contributed by atoms with Gasteiger partial charge >= 0.3 is 0 Å². The van der Waals surface area contributed by atoms with E-state index in [-0.39, 0.29) is 11.8 Å². The zero-order chi connectivity index (χ0) is 13.5. The number of hydrogen-bond donors (Lipinski definition) is 3. The molecule has 0 aliphatic rings. The zero-order valence-corrected chi connectivity index (χ0v) is 11.9. The summed E-state index contributed by atoms with van der Waals surface area (Å²) < 4.78 is 0.691. The first kappa shape index (κ1) is 14.8. The lowest BCUT2D eigenvalue weighted by atomic mass is 10.2. The van der Waals surface area contributed by atoms with E-state index in [1.54, 1.807) is 0 Å². The van der Waals surface area contributed by atoms with Gasteiger partial charge in [-0.1, -0.05) is 0 Å². The monoisotopic (exact) mass is 287 g/mol. The number of hydrogen-bond acceptors (Lipinski definition) is 4. The Labute approximate surface area is 115 Å². The molecule has 0 spiro atoms. The standard InChI is InChI=1S/C11H17N3O2S2/c1-7-8(18-11(17)14-7)6-10(16)13-5-3-2-4-9(12)15/h2-6H2,1H3,(H2,12,15)(H,13,16)(H,14,17). The average molecular weight is 287 g/mol. The number of amides is 2. The van der Waals surface area contributed by atoms with Crippen LogP contribution in [0.2, 0.25) is 0 Å². The molecule has 0 saturated heterocycles. The Kier molecular flexibility index (Phi) is 6.00. The summed E-state index contributed by atoms with van der Waals surface area (Å²) in [6.45, 7) is 2.47. The van der Waals surface area contributed by atoms with Gasteiger partial charge in [0.2, 0.25) is 11.8 Å². The van der Waals surface area contributed by atoms with Crippen LogP contribution in [-0.2, 0) is 16.0 Å². The lowest BCUT2D eigenvalue weighted by Crippen LogP contribution is -2.26. The molecule has 1 heterocycles. The Morgan fingerprint density at radius 3 is 2.72 bits per heavy atom. The summed E-state index contributed by atoms with van der Waals surface area (Å²) in [5, 5.41) is 2.81. The number of aromatic nitrogens is 1. The van der Waals surface area contributed by atoms with Gasteiger partial charge in [-0.3, -0.25) is 9.59 Å². The minimum Gasteiger partial charge on any atom is -0.370 e. The Morgan fingerprint density at radius 1 is 1.44 bits per heavy atom. The van der Waals surface area contributed by atoms with Crippen molar-refractivity contribution in [2.45, 2.75) is 32.6 Å². The third-order valence-corrected chi connectivity index (χ3v) is 3.75. The van der Waals surface area contributed by atoms with E-state index in [2.05, 4.69) is 10.3 Å². The summed E-state index contributed by atoms with van der Waals surface area (Å²) in [5.41, 5.74) is 5.97. The molecule has 7 heteroatoms. The molecular weight excluding hydrogens is 270 g/mol. The van der Waals surface area contributed by atoms with Gasteiger partial charge in [0.25, 0.3) is 0 Å². The highest BCUT2D eigenvalue weighted by Gasteiger charge is 2.08. The van der Waals surface area contributed by atoms with Crippen molar-refractivity contribution in [3.8, 4) is 0 Å². The van der Waals surface area contributed by atoms with E-state index in [0.717, 1.165) is 17.0 Å². The first-order valence-corrected chi connectivity index (χ1v) is 6.95. The van der Waals surface area contributed by atoms with E-state index >= 15 is 0 Å². The Balaban J connectivity index is 2.24. The summed E-state index contributed by atoms with van der Waals surface area (Å²) in [4.78, 5) is 26.1. The molecule has 0 unspecified atom stereocenters. The minimum absolute atomic E-state index is 0.0255. The number of aromatic amines is 1. The van der Waals surface area contributed by atoms with E-state index in [4.69, 9.17) is 18.0 Å². The van der Waals surface area contributed by atoms with E-state index in [9.17, 15) is 9.59 Å². The molecule has 0 radical (unpaired) electrons. The molecule has 1 aromatic heterocycles.